The molecule has 3 heteroatoms. The van der Waals surface area contributed by atoms with Crippen molar-refractivity contribution in [1.82, 2.24) is 9.78 Å². The summed E-state index contributed by atoms with van der Waals surface area (Å²) in [6.45, 7) is 5.09. The summed E-state index contributed by atoms with van der Waals surface area (Å²) >= 11 is 0. The van der Waals surface area contributed by atoms with Crippen molar-refractivity contribution < 1.29 is 0 Å². The number of hydrogen-bond acceptors (Lipinski definition) is 2. The summed E-state index contributed by atoms with van der Waals surface area (Å²) in [5.74, 6) is 0.537. The number of rotatable bonds is 3. The molecule has 2 atom stereocenters. The Kier molecular flexibility index (Phi) is 2.71. The van der Waals surface area contributed by atoms with E-state index in [-0.39, 0.29) is 0 Å². The Hall–Kier alpha value is -1.61. The Balaban J connectivity index is 1.90. The molecule has 1 aromatic heterocycles. The molecule has 1 aliphatic carbocycles. The van der Waals surface area contributed by atoms with Gasteiger partial charge in [0, 0.05) is 23.2 Å². The molecule has 0 bridgehead atoms. The van der Waals surface area contributed by atoms with Gasteiger partial charge in [0.05, 0.1) is 12.2 Å². The van der Waals surface area contributed by atoms with Crippen molar-refractivity contribution in [3.8, 4) is 0 Å². The van der Waals surface area contributed by atoms with Crippen LogP contribution in [0.1, 0.15) is 34.9 Å². The summed E-state index contributed by atoms with van der Waals surface area (Å²) in [6.07, 6.45) is 1.11. The van der Waals surface area contributed by atoms with Crippen molar-refractivity contribution in [3.63, 3.8) is 0 Å². The molecule has 1 fully saturated rings. The number of benzene rings is 1. The first-order valence-corrected chi connectivity index (χ1v) is 6.50. The van der Waals surface area contributed by atoms with Crippen molar-refractivity contribution in [2.45, 2.75) is 38.8 Å². The van der Waals surface area contributed by atoms with Crippen molar-refractivity contribution in [2.24, 2.45) is 5.73 Å². The second kappa shape index (κ2) is 4.25. The first-order chi connectivity index (χ1) is 8.66. The van der Waals surface area contributed by atoms with E-state index < -0.39 is 0 Å². The molecule has 18 heavy (non-hydrogen) atoms. The number of hydrogen-bond donors (Lipinski definition) is 1. The second-order valence-electron chi connectivity index (χ2n) is 5.23. The van der Waals surface area contributed by atoms with Crippen LogP contribution in [0.25, 0.3) is 0 Å². The average Bonchev–Trinajstić information content (AvgIpc) is 2.99. The maximum Gasteiger partial charge on any atom is 0.0662 e. The monoisotopic (exact) mass is 241 g/mol. The summed E-state index contributed by atoms with van der Waals surface area (Å²) in [6, 6.07) is 10.8. The van der Waals surface area contributed by atoms with Gasteiger partial charge in [0.2, 0.25) is 0 Å². The molecular formula is C15H19N3. The maximum atomic E-state index is 5.96. The van der Waals surface area contributed by atoms with E-state index >= 15 is 0 Å². The lowest BCUT2D eigenvalue weighted by atomic mass is 10.1. The fraction of sp³-hybridized carbons (Fsp3) is 0.400. The molecule has 1 aliphatic rings. The van der Waals surface area contributed by atoms with Gasteiger partial charge in [-0.25, -0.2) is 0 Å². The number of aromatic nitrogens is 2. The summed E-state index contributed by atoms with van der Waals surface area (Å²) in [7, 11) is 0. The molecule has 0 amide bonds. The zero-order chi connectivity index (χ0) is 12.7. The minimum Gasteiger partial charge on any atom is -0.327 e. The van der Waals surface area contributed by atoms with Crippen molar-refractivity contribution in [3.05, 3.63) is 52.8 Å². The smallest absolute Gasteiger partial charge is 0.0662 e. The molecule has 3 rings (SSSR count). The fourth-order valence-electron chi connectivity index (χ4n) is 2.70. The van der Waals surface area contributed by atoms with Gasteiger partial charge in [0.1, 0.15) is 0 Å². The quantitative estimate of drug-likeness (QED) is 0.896. The number of nitrogens with two attached hydrogens (primary N) is 1. The van der Waals surface area contributed by atoms with Crippen molar-refractivity contribution >= 4 is 0 Å². The Morgan fingerprint density at radius 1 is 1.28 bits per heavy atom. The minimum absolute atomic E-state index is 0.344. The van der Waals surface area contributed by atoms with E-state index in [4.69, 9.17) is 5.73 Å². The van der Waals surface area contributed by atoms with E-state index in [1.54, 1.807) is 0 Å². The second-order valence-corrected chi connectivity index (χ2v) is 5.23. The van der Waals surface area contributed by atoms with Crippen LogP contribution in [-0.2, 0) is 6.54 Å². The molecule has 2 aromatic rings. The third kappa shape index (κ3) is 1.95. The van der Waals surface area contributed by atoms with Gasteiger partial charge in [0.15, 0.2) is 0 Å². The first-order valence-electron chi connectivity index (χ1n) is 6.50. The van der Waals surface area contributed by atoms with Crippen molar-refractivity contribution in [2.75, 3.05) is 0 Å². The van der Waals surface area contributed by atoms with Crippen LogP contribution in [0.5, 0.6) is 0 Å². The van der Waals surface area contributed by atoms with Crippen LogP contribution in [0.2, 0.25) is 0 Å². The van der Waals surface area contributed by atoms with Gasteiger partial charge in [-0.1, -0.05) is 30.3 Å². The van der Waals surface area contributed by atoms with E-state index in [2.05, 4.69) is 47.9 Å². The highest BCUT2D eigenvalue weighted by molar-refractivity contribution is 5.35. The summed E-state index contributed by atoms with van der Waals surface area (Å²) in [5, 5.41) is 4.66. The zero-order valence-electron chi connectivity index (χ0n) is 10.9. The van der Waals surface area contributed by atoms with Gasteiger partial charge in [0.25, 0.3) is 0 Å². The van der Waals surface area contributed by atoms with Crippen LogP contribution in [0.4, 0.5) is 0 Å². The van der Waals surface area contributed by atoms with Gasteiger partial charge < -0.3 is 5.73 Å². The van der Waals surface area contributed by atoms with Crippen LogP contribution in [-0.4, -0.2) is 15.8 Å². The maximum absolute atomic E-state index is 5.96. The van der Waals surface area contributed by atoms with Crippen molar-refractivity contribution in [1.29, 1.82) is 0 Å². The molecule has 1 heterocycles. The highest BCUT2D eigenvalue weighted by Gasteiger charge is 2.38. The fourth-order valence-corrected chi connectivity index (χ4v) is 2.70. The normalized spacial score (nSPS) is 22.2. The summed E-state index contributed by atoms with van der Waals surface area (Å²) in [5.41, 5.74) is 11.0. The van der Waals surface area contributed by atoms with Crippen LogP contribution in [0.3, 0.4) is 0 Å². The topological polar surface area (TPSA) is 43.8 Å². The van der Waals surface area contributed by atoms with E-state index in [9.17, 15) is 0 Å². The molecule has 1 saturated carbocycles. The van der Waals surface area contributed by atoms with Crippen LogP contribution >= 0.6 is 0 Å². The minimum atomic E-state index is 0.344. The van der Waals surface area contributed by atoms with Gasteiger partial charge in [-0.05, 0) is 25.8 Å². The lowest BCUT2D eigenvalue weighted by molar-refractivity contribution is 0.658. The first kappa shape index (κ1) is 11.5. The molecule has 0 radical (unpaired) electrons. The van der Waals surface area contributed by atoms with Crippen LogP contribution in [0, 0.1) is 13.8 Å². The SMILES string of the molecule is Cc1nn(Cc2ccccc2)c(C)c1C1CC1N. The Morgan fingerprint density at radius 2 is 1.94 bits per heavy atom. The molecule has 2 unspecified atom stereocenters. The van der Waals surface area contributed by atoms with E-state index in [0.717, 1.165) is 18.7 Å². The molecule has 0 spiro atoms. The lowest BCUT2D eigenvalue weighted by Crippen LogP contribution is -2.05. The third-order valence-electron chi connectivity index (χ3n) is 3.82. The Morgan fingerprint density at radius 3 is 2.56 bits per heavy atom. The number of nitrogens with zero attached hydrogens (tertiary/aromatic N) is 2. The molecule has 0 saturated heterocycles. The summed E-state index contributed by atoms with van der Waals surface area (Å²) in [4.78, 5) is 0. The molecule has 2 N–H and O–H groups in total. The summed E-state index contributed by atoms with van der Waals surface area (Å²) < 4.78 is 2.10. The predicted octanol–water partition coefficient (Wildman–Crippen LogP) is 2.36. The van der Waals surface area contributed by atoms with Gasteiger partial charge in [-0.15, -0.1) is 0 Å². The number of aryl methyl sites for hydroxylation is 1. The molecule has 3 nitrogen and oxygen atoms in total. The van der Waals surface area contributed by atoms with E-state index in [1.165, 1.54) is 16.8 Å². The molecule has 94 valence electrons. The van der Waals surface area contributed by atoms with Gasteiger partial charge in [-0.3, -0.25) is 4.68 Å². The van der Waals surface area contributed by atoms with Crippen LogP contribution in [0.15, 0.2) is 30.3 Å². The third-order valence-corrected chi connectivity index (χ3v) is 3.82. The highest BCUT2D eigenvalue weighted by Crippen LogP contribution is 2.42. The van der Waals surface area contributed by atoms with E-state index in [1.807, 2.05) is 6.07 Å². The lowest BCUT2D eigenvalue weighted by Gasteiger charge is -2.05. The van der Waals surface area contributed by atoms with E-state index in [0.29, 0.717) is 12.0 Å². The molecular weight excluding hydrogens is 222 g/mol. The molecule has 0 aliphatic heterocycles. The van der Waals surface area contributed by atoms with Gasteiger partial charge in [-0.2, -0.15) is 5.10 Å². The average molecular weight is 241 g/mol. The predicted molar refractivity (Wildman–Crippen MR) is 72.6 cm³/mol. The zero-order valence-corrected chi connectivity index (χ0v) is 10.9. The molecule has 1 aromatic carbocycles. The highest BCUT2D eigenvalue weighted by atomic mass is 15.3. The van der Waals surface area contributed by atoms with Gasteiger partial charge >= 0.3 is 0 Å². The Bertz CT molecular complexity index is 557. The standard InChI is InChI=1S/C15H19N3/c1-10-15(13-8-14(13)16)11(2)18(17-10)9-12-6-4-3-5-7-12/h3-7,13-14H,8-9,16H2,1-2H3. The Labute approximate surface area is 108 Å². The van der Waals surface area contributed by atoms with Crippen LogP contribution < -0.4 is 5.73 Å². The largest absolute Gasteiger partial charge is 0.327 e.